The van der Waals surface area contributed by atoms with Crippen molar-refractivity contribution in [2.24, 2.45) is 16.9 Å². The lowest BCUT2D eigenvalue weighted by atomic mass is 9.82. The van der Waals surface area contributed by atoms with E-state index in [2.05, 4.69) is 29.4 Å². The highest BCUT2D eigenvalue weighted by molar-refractivity contribution is 7.08. The molecule has 128 valence electrons. The predicted molar refractivity (Wildman–Crippen MR) is 99.6 cm³/mol. The molecule has 1 aromatic carbocycles. The van der Waals surface area contributed by atoms with Gasteiger partial charge in [-0.1, -0.05) is 26.3 Å². The number of nitrogens with one attached hydrogen (secondary N) is 1. The molecule has 4 rings (SSSR count). The zero-order chi connectivity index (χ0) is 17.4. The standard InChI is InChI=1S/C19H19N3O2S/c1-3-4-14-11(2)17(21-22-18(14)23)12-5-6-15-16(9-12)24-19(20-15)13-7-8-25-10-13/h5-11,14H,3-4H2,1-2H3,(H,22,23). The molecule has 3 aromatic rings. The fourth-order valence-electron chi connectivity index (χ4n) is 3.33. The molecule has 1 amide bonds. The molecular weight excluding hydrogens is 334 g/mol. The summed E-state index contributed by atoms with van der Waals surface area (Å²) in [7, 11) is 0. The molecule has 0 aliphatic carbocycles. The summed E-state index contributed by atoms with van der Waals surface area (Å²) in [5.41, 5.74) is 7.08. The Morgan fingerprint density at radius 1 is 1.28 bits per heavy atom. The van der Waals surface area contributed by atoms with Crippen molar-refractivity contribution in [3.8, 4) is 11.5 Å². The summed E-state index contributed by atoms with van der Waals surface area (Å²) >= 11 is 1.62. The van der Waals surface area contributed by atoms with E-state index in [4.69, 9.17) is 4.42 Å². The molecule has 2 aromatic heterocycles. The van der Waals surface area contributed by atoms with Gasteiger partial charge in [0.15, 0.2) is 5.58 Å². The number of carbonyl (C=O) groups is 1. The third kappa shape index (κ3) is 2.87. The zero-order valence-electron chi connectivity index (χ0n) is 14.2. The lowest BCUT2D eigenvalue weighted by Gasteiger charge is -2.27. The van der Waals surface area contributed by atoms with Crippen molar-refractivity contribution >= 4 is 34.1 Å². The second kappa shape index (κ2) is 6.44. The first-order chi connectivity index (χ1) is 12.2. The van der Waals surface area contributed by atoms with Crippen LogP contribution in [0, 0.1) is 11.8 Å². The molecule has 2 atom stereocenters. The minimum absolute atomic E-state index is 0.0126. The van der Waals surface area contributed by atoms with E-state index in [0.717, 1.165) is 40.8 Å². The Labute approximate surface area is 149 Å². The minimum Gasteiger partial charge on any atom is -0.436 e. The van der Waals surface area contributed by atoms with E-state index < -0.39 is 0 Å². The second-order valence-corrected chi connectivity index (χ2v) is 7.15. The van der Waals surface area contributed by atoms with Crippen molar-refractivity contribution < 1.29 is 9.21 Å². The normalized spacial score (nSPS) is 20.6. The number of hydrogen-bond donors (Lipinski definition) is 1. The van der Waals surface area contributed by atoms with Crippen LogP contribution in [0.15, 0.2) is 44.5 Å². The number of thiophene rings is 1. The molecule has 1 aliphatic rings. The van der Waals surface area contributed by atoms with Crippen molar-refractivity contribution in [1.82, 2.24) is 10.4 Å². The number of fused-ring (bicyclic) bond motifs is 1. The van der Waals surface area contributed by atoms with Crippen molar-refractivity contribution in [3.63, 3.8) is 0 Å². The summed E-state index contributed by atoms with van der Waals surface area (Å²) < 4.78 is 5.93. The summed E-state index contributed by atoms with van der Waals surface area (Å²) in [4.78, 5) is 16.6. The largest absolute Gasteiger partial charge is 0.436 e. The number of nitrogens with zero attached hydrogens (tertiary/aromatic N) is 2. The molecule has 0 saturated heterocycles. The van der Waals surface area contributed by atoms with Crippen LogP contribution >= 0.6 is 11.3 Å². The molecule has 0 spiro atoms. The lowest BCUT2D eigenvalue weighted by Crippen LogP contribution is -2.40. The first-order valence-corrected chi connectivity index (χ1v) is 9.42. The second-order valence-electron chi connectivity index (χ2n) is 6.37. The molecule has 3 heterocycles. The van der Waals surface area contributed by atoms with Gasteiger partial charge in [-0.2, -0.15) is 16.4 Å². The van der Waals surface area contributed by atoms with Crippen LogP contribution in [0.4, 0.5) is 0 Å². The smallest absolute Gasteiger partial charge is 0.243 e. The predicted octanol–water partition coefficient (Wildman–Crippen LogP) is 4.44. The monoisotopic (exact) mass is 353 g/mol. The van der Waals surface area contributed by atoms with Gasteiger partial charge in [-0.05, 0) is 30.0 Å². The van der Waals surface area contributed by atoms with Crippen LogP contribution in [0.5, 0.6) is 0 Å². The van der Waals surface area contributed by atoms with Crippen LogP contribution in [0.2, 0.25) is 0 Å². The van der Waals surface area contributed by atoms with E-state index in [-0.39, 0.29) is 17.7 Å². The number of carbonyl (C=O) groups excluding carboxylic acids is 1. The summed E-state index contributed by atoms with van der Waals surface area (Å²) in [6.45, 7) is 4.16. The number of benzene rings is 1. The van der Waals surface area contributed by atoms with Crippen LogP contribution in [0.25, 0.3) is 22.6 Å². The molecule has 0 bridgehead atoms. The minimum atomic E-state index is -0.0377. The summed E-state index contributed by atoms with van der Waals surface area (Å²) in [6.07, 6.45) is 1.83. The van der Waals surface area contributed by atoms with E-state index in [1.807, 2.05) is 35.0 Å². The van der Waals surface area contributed by atoms with E-state index in [0.29, 0.717) is 5.89 Å². The first-order valence-electron chi connectivity index (χ1n) is 8.48. The van der Waals surface area contributed by atoms with Gasteiger partial charge in [0.25, 0.3) is 0 Å². The zero-order valence-corrected chi connectivity index (χ0v) is 15.0. The molecule has 0 saturated carbocycles. The molecule has 5 nitrogen and oxygen atoms in total. The number of aromatic nitrogens is 1. The third-order valence-electron chi connectivity index (χ3n) is 4.71. The number of amides is 1. The molecule has 0 radical (unpaired) electrons. The molecule has 1 aliphatic heterocycles. The Balaban J connectivity index is 1.70. The third-order valence-corrected chi connectivity index (χ3v) is 5.39. The Hall–Kier alpha value is -2.47. The number of oxazole rings is 1. The average molecular weight is 353 g/mol. The van der Waals surface area contributed by atoms with Gasteiger partial charge in [0.1, 0.15) is 5.52 Å². The summed E-state index contributed by atoms with van der Waals surface area (Å²) in [6, 6.07) is 7.91. The first kappa shape index (κ1) is 16.0. The van der Waals surface area contributed by atoms with E-state index in [1.54, 1.807) is 11.3 Å². The van der Waals surface area contributed by atoms with Crippen LogP contribution in [-0.4, -0.2) is 16.6 Å². The van der Waals surface area contributed by atoms with Gasteiger partial charge in [-0.3, -0.25) is 4.79 Å². The SMILES string of the molecule is CCCC1C(=O)NN=C(c2ccc3nc(-c4ccsc4)oc3c2)C1C. The van der Waals surface area contributed by atoms with Gasteiger partial charge in [-0.25, -0.2) is 10.4 Å². The Morgan fingerprint density at radius 2 is 2.16 bits per heavy atom. The van der Waals surface area contributed by atoms with Gasteiger partial charge in [0.2, 0.25) is 11.8 Å². The van der Waals surface area contributed by atoms with E-state index >= 15 is 0 Å². The Morgan fingerprint density at radius 3 is 2.92 bits per heavy atom. The Kier molecular flexibility index (Phi) is 4.13. The van der Waals surface area contributed by atoms with Gasteiger partial charge in [0.05, 0.1) is 5.71 Å². The van der Waals surface area contributed by atoms with Crippen molar-refractivity contribution in [2.45, 2.75) is 26.7 Å². The molecule has 2 unspecified atom stereocenters. The molecule has 1 N–H and O–H groups in total. The van der Waals surface area contributed by atoms with Crippen molar-refractivity contribution in [3.05, 3.63) is 40.6 Å². The van der Waals surface area contributed by atoms with Gasteiger partial charge < -0.3 is 4.42 Å². The maximum Gasteiger partial charge on any atom is 0.243 e. The maximum atomic E-state index is 12.1. The lowest BCUT2D eigenvalue weighted by molar-refractivity contribution is -0.126. The van der Waals surface area contributed by atoms with Gasteiger partial charge >= 0.3 is 0 Å². The number of rotatable bonds is 4. The highest BCUT2D eigenvalue weighted by atomic mass is 32.1. The number of hydrazone groups is 1. The van der Waals surface area contributed by atoms with E-state index in [9.17, 15) is 4.79 Å². The van der Waals surface area contributed by atoms with Crippen molar-refractivity contribution in [1.29, 1.82) is 0 Å². The van der Waals surface area contributed by atoms with Gasteiger partial charge in [-0.15, -0.1) is 0 Å². The van der Waals surface area contributed by atoms with Crippen LogP contribution in [-0.2, 0) is 4.79 Å². The molecule has 25 heavy (non-hydrogen) atoms. The fraction of sp³-hybridized carbons (Fsp3) is 0.316. The summed E-state index contributed by atoms with van der Waals surface area (Å²) in [5.74, 6) is 0.678. The van der Waals surface area contributed by atoms with E-state index in [1.165, 1.54) is 0 Å². The topological polar surface area (TPSA) is 67.5 Å². The van der Waals surface area contributed by atoms with Crippen LogP contribution < -0.4 is 5.43 Å². The van der Waals surface area contributed by atoms with Crippen LogP contribution in [0.3, 0.4) is 0 Å². The Bertz CT molecular complexity index is 943. The molecule has 6 heteroatoms. The molecular formula is C19H19N3O2S. The summed E-state index contributed by atoms with van der Waals surface area (Å²) in [5, 5.41) is 8.34. The average Bonchev–Trinajstić information content (AvgIpc) is 3.26. The quantitative estimate of drug-likeness (QED) is 0.754. The van der Waals surface area contributed by atoms with Crippen LogP contribution in [0.1, 0.15) is 32.3 Å². The highest BCUT2D eigenvalue weighted by Crippen LogP contribution is 2.29. The highest BCUT2D eigenvalue weighted by Gasteiger charge is 2.32. The number of hydrogen-bond acceptors (Lipinski definition) is 5. The van der Waals surface area contributed by atoms with Crippen molar-refractivity contribution in [2.75, 3.05) is 0 Å². The molecule has 0 fully saturated rings. The fourth-order valence-corrected chi connectivity index (χ4v) is 3.96. The van der Waals surface area contributed by atoms with Gasteiger partial charge in [0, 0.05) is 28.3 Å². The maximum absolute atomic E-state index is 12.1.